The zero-order valence-electron chi connectivity index (χ0n) is 16.7. The van der Waals surface area contributed by atoms with E-state index in [1.807, 2.05) is 38.4 Å². The number of hydrogen-bond donors (Lipinski definition) is 3. The molecule has 1 aromatic carbocycles. The van der Waals surface area contributed by atoms with Crippen LogP contribution in [0.4, 0.5) is 0 Å². The third kappa shape index (κ3) is 4.10. The fourth-order valence-corrected chi connectivity index (χ4v) is 4.07. The van der Waals surface area contributed by atoms with Gasteiger partial charge >= 0.3 is 0 Å². The van der Waals surface area contributed by atoms with Crippen LogP contribution in [0.3, 0.4) is 0 Å². The zero-order chi connectivity index (χ0) is 20.5. The summed E-state index contributed by atoms with van der Waals surface area (Å²) in [6, 6.07) is 5.55. The summed E-state index contributed by atoms with van der Waals surface area (Å²) >= 11 is 0. The molecule has 29 heavy (non-hydrogen) atoms. The number of aliphatic hydroxyl groups excluding tert-OH is 2. The number of fused-ring (bicyclic) bond motifs is 1. The lowest BCUT2D eigenvalue weighted by molar-refractivity contribution is 0.0539. The lowest BCUT2D eigenvalue weighted by Crippen LogP contribution is -2.47. The number of nitrogens with one attached hydrogen (secondary N) is 1. The van der Waals surface area contributed by atoms with Crippen molar-refractivity contribution < 1.29 is 10.2 Å². The number of nitrogens with zero attached hydrogens (tertiary/aromatic N) is 4. The molecule has 154 valence electrons. The van der Waals surface area contributed by atoms with Gasteiger partial charge in [0, 0.05) is 24.8 Å². The van der Waals surface area contributed by atoms with E-state index in [0.29, 0.717) is 17.3 Å². The van der Waals surface area contributed by atoms with Gasteiger partial charge in [-0.05, 0) is 56.5 Å². The summed E-state index contributed by atoms with van der Waals surface area (Å²) in [5, 5.41) is 28.8. The van der Waals surface area contributed by atoms with Crippen molar-refractivity contribution >= 4 is 10.9 Å². The van der Waals surface area contributed by atoms with Crippen molar-refractivity contribution in [3.63, 3.8) is 0 Å². The van der Waals surface area contributed by atoms with Gasteiger partial charge in [-0.1, -0.05) is 0 Å². The molecule has 1 aliphatic heterocycles. The molecule has 2 aromatic heterocycles. The first-order chi connectivity index (χ1) is 13.9. The molecule has 0 radical (unpaired) electrons. The predicted octanol–water partition coefficient (Wildman–Crippen LogP) is 0.969. The van der Waals surface area contributed by atoms with E-state index in [1.54, 1.807) is 4.68 Å². The van der Waals surface area contributed by atoms with Gasteiger partial charge in [0.25, 0.3) is 5.56 Å². The molecule has 0 saturated carbocycles. The van der Waals surface area contributed by atoms with Crippen LogP contribution in [0.25, 0.3) is 22.2 Å². The Balaban J connectivity index is 1.61. The minimum Gasteiger partial charge on any atom is -0.392 e. The van der Waals surface area contributed by atoms with Crippen molar-refractivity contribution in [1.29, 1.82) is 0 Å². The van der Waals surface area contributed by atoms with E-state index in [4.69, 9.17) is 0 Å². The molecule has 1 fully saturated rings. The predicted molar refractivity (Wildman–Crippen MR) is 111 cm³/mol. The third-order valence-electron chi connectivity index (χ3n) is 5.61. The number of aryl methyl sites for hydroxylation is 2. The second kappa shape index (κ2) is 8.06. The van der Waals surface area contributed by atoms with Crippen molar-refractivity contribution in [2.75, 3.05) is 6.54 Å². The normalized spacial score (nSPS) is 20.8. The van der Waals surface area contributed by atoms with Gasteiger partial charge in [-0.3, -0.25) is 14.0 Å². The molecule has 3 heterocycles. The van der Waals surface area contributed by atoms with E-state index in [0.717, 1.165) is 36.2 Å². The molecular weight excluding hydrogens is 370 g/mol. The van der Waals surface area contributed by atoms with Crippen LogP contribution in [-0.4, -0.2) is 54.3 Å². The summed E-state index contributed by atoms with van der Waals surface area (Å²) in [7, 11) is 1.85. The number of aliphatic hydroxyl groups is 2. The van der Waals surface area contributed by atoms with Crippen molar-refractivity contribution in [3.05, 3.63) is 46.6 Å². The van der Waals surface area contributed by atoms with Gasteiger partial charge in [0.15, 0.2) is 0 Å². The Kier molecular flexibility index (Phi) is 5.49. The molecule has 1 unspecified atom stereocenters. The molecule has 0 spiro atoms. The van der Waals surface area contributed by atoms with Crippen LogP contribution >= 0.6 is 0 Å². The summed E-state index contributed by atoms with van der Waals surface area (Å²) in [4.78, 5) is 17.5. The summed E-state index contributed by atoms with van der Waals surface area (Å²) < 4.78 is 3.17. The molecule has 8 nitrogen and oxygen atoms in total. The maximum atomic E-state index is 13.1. The fourth-order valence-electron chi connectivity index (χ4n) is 4.07. The minimum atomic E-state index is -0.753. The van der Waals surface area contributed by atoms with E-state index in [9.17, 15) is 15.0 Å². The maximum Gasteiger partial charge on any atom is 0.261 e. The largest absolute Gasteiger partial charge is 0.392 e. The van der Waals surface area contributed by atoms with E-state index in [1.165, 1.54) is 10.9 Å². The first kappa shape index (κ1) is 19.8. The van der Waals surface area contributed by atoms with Crippen LogP contribution in [0, 0.1) is 6.92 Å². The number of aromatic nitrogens is 4. The average molecular weight is 397 g/mol. The van der Waals surface area contributed by atoms with Crippen molar-refractivity contribution in [1.82, 2.24) is 24.6 Å². The molecule has 0 amide bonds. The van der Waals surface area contributed by atoms with Gasteiger partial charge in [0.2, 0.25) is 0 Å². The maximum absolute atomic E-state index is 13.1. The molecule has 8 heteroatoms. The van der Waals surface area contributed by atoms with Gasteiger partial charge in [0.05, 0.1) is 41.7 Å². The second-order valence-corrected chi connectivity index (χ2v) is 7.93. The molecule has 1 saturated heterocycles. The molecule has 0 bridgehead atoms. The first-order valence-corrected chi connectivity index (χ1v) is 10.0. The Bertz CT molecular complexity index is 1070. The zero-order valence-corrected chi connectivity index (χ0v) is 16.7. The molecule has 3 atom stereocenters. The highest BCUT2D eigenvalue weighted by Crippen LogP contribution is 2.23. The minimum absolute atomic E-state index is 0.138. The van der Waals surface area contributed by atoms with Crippen LogP contribution in [0.5, 0.6) is 0 Å². The van der Waals surface area contributed by atoms with Crippen LogP contribution < -0.4 is 10.9 Å². The highest BCUT2D eigenvalue weighted by atomic mass is 16.3. The van der Waals surface area contributed by atoms with Crippen molar-refractivity contribution in [2.24, 2.45) is 7.05 Å². The van der Waals surface area contributed by atoms with Gasteiger partial charge in [-0.25, -0.2) is 4.98 Å². The number of benzene rings is 1. The Hall–Kier alpha value is -2.55. The van der Waals surface area contributed by atoms with E-state index < -0.39 is 12.2 Å². The summed E-state index contributed by atoms with van der Waals surface area (Å²) in [5.74, 6) is 0. The Morgan fingerprint density at radius 1 is 1.38 bits per heavy atom. The third-order valence-corrected chi connectivity index (χ3v) is 5.61. The summed E-state index contributed by atoms with van der Waals surface area (Å²) in [6.07, 6.45) is 4.19. The standard InChI is InChI=1S/C21H27N5O3/c1-13-8-14(17-5-7-25(2)24-17)9-16-20(13)23-12-26(21(16)29)11-15(27)10-18-19(28)4-3-6-22-18/h5,7-9,12,15,18-19,22,27-28H,3-4,6,10-11H2,1-2H3/t15?,18-,19+/m1/s1. The quantitative estimate of drug-likeness (QED) is 0.593. The number of hydrogen-bond acceptors (Lipinski definition) is 6. The van der Waals surface area contributed by atoms with Crippen molar-refractivity contribution in [3.8, 4) is 11.3 Å². The van der Waals surface area contributed by atoms with E-state index >= 15 is 0 Å². The molecule has 0 aliphatic carbocycles. The lowest BCUT2D eigenvalue weighted by Gasteiger charge is -2.30. The smallest absolute Gasteiger partial charge is 0.261 e. The first-order valence-electron chi connectivity index (χ1n) is 10.0. The van der Waals surface area contributed by atoms with E-state index in [2.05, 4.69) is 15.4 Å². The number of piperidine rings is 1. The van der Waals surface area contributed by atoms with Crippen LogP contribution in [0.15, 0.2) is 35.5 Å². The molecule has 3 aromatic rings. The van der Waals surface area contributed by atoms with Crippen LogP contribution in [0.2, 0.25) is 0 Å². The SMILES string of the molecule is Cc1cc(-c2ccn(C)n2)cc2c(=O)n(CC(O)C[C@H]3NCCC[C@@H]3O)cnc12. The summed E-state index contributed by atoms with van der Waals surface area (Å²) in [5.41, 5.74) is 3.03. The fraction of sp³-hybridized carbons (Fsp3) is 0.476. The lowest BCUT2D eigenvalue weighted by atomic mass is 9.96. The molecule has 4 rings (SSSR count). The Morgan fingerprint density at radius 3 is 2.93 bits per heavy atom. The summed E-state index contributed by atoms with van der Waals surface area (Å²) in [6.45, 7) is 2.90. The Labute approximate surface area is 168 Å². The van der Waals surface area contributed by atoms with Gasteiger partial charge in [-0.15, -0.1) is 0 Å². The van der Waals surface area contributed by atoms with Crippen molar-refractivity contribution in [2.45, 2.75) is 51.0 Å². The van der Waals surface area contributed by atoms with E-state index in [-0.39, 0.29) is 18.1 Å². The van der Waals surface area contributed by atoms with Crippen LogP contribution in [-0.2, 0) is 13.6 Å². The highest BCUT2D eigenvalue weighted by molar-refractivity contribution is 5.85. The highest BCUT2D eigenvalue weighted by Gasteiger charge is 2.25. The van der Waals surface area contributed by atoms with Gasteiger partial charge in [0.1, 0.15) is 0 Å². The van der Waals surface area contributed by atoms with Gasteiger partial charge < -0.3 is 15.5 Å². The monoisotopic (exact) mass is 397 g/mol. The topological polar surface area (TPSA) is 105 Å². The van der Waals surface area contributed by atoms with Gasteiger partial charge in [-0.2, -0.15) is 5.10 Å². The molecule has 1 aliphatic rings. The average Bonchev–Trinajstić information content (AvgIpc) is 3.12. The number of rotatable bonds is 5. The molecule has 3 N–H and O–H groups in total. The second-order valence-electron chi connectivity index (χ2n) is 7.93. The van der Waals surface area contributed by atoms with Crippen LogP contribution in [0.1, 0.15) is 24.8 Å². The molecular formula is C21H27N5O3. The Morgan fingerprint density at radius 2 is 2.21 bits per heavy atom.